The highest BCUT2D eigenvalue weighted by molar-refractivity contribution is 8.00. The van der Waals surface area contributed by atoms with E-state index in [0.29, 0.717) is 18.2 Å². The number of hydrogen-bond acceptors (Lipinski definition) is 5. The van der Waals surface area contributed by atoms with Crippen molar-refractivity contribution < 1.29 is 9.59 Å². The molecule has 0 aliphatic carbocycles. The van der Waals surface area contributed by atoms with Gasteiger partial charge in [-0.3, -0.25) is 9.59 Å². The summed E-state index contributed by atoms with van der Waals surface area (Å²) in [7, 11) is 0. The molecule has 0 unspecified atom stereocenters. The summed E-state index contributed by atoms with van der Waals surface area (Å²) in [6, 6.07) is 8.37. The van der Waals surface area contributed by atoms with Crippen molar-refractivity contribution in [1.29, 1.82) is 0 Å². The molecule has 1 aromatic rings. The Morgan fingerprint density at radius 1 is 1.13 bits per heavy atom. The van der Waals surface area contributed by atoms with Crippen LogP contribution in [0.4, 0.5) is 5.69 Å². The van der Waals surface area contributed by atoms with Gasteiger partial charge in [-0.05, 0) is 17.7 Å². The van der Waals surface area contributed by atoms with Crippen molar-refractivity contribution >= 4 is 41.0 Å². The third-order valence-electron chi connectivity index (χ3n) is 3.96. The summed E-state index contributed by atoms with van der Waals surface area (Å²) in [6.07, 6.45) is 0. The van der Waals surface area contributed by atoms with E-state index in [0.717, 1.165) is 18.7 Å². The largest absolute Gasteiger partial charge is 0.370 e. The van der Waals surface area contributed by atoms with E-state index in [9.17, 15) is 9.59 Å². The van der Waals surface area contributed by atoms with E-state index in [1.807, 2.05) is 11.8 Å². The van der Waals surface area contributed by atoms with Crippen LogP contribution in [0.1, 0.15) is 5.56 Å². The van der Waals surface area contributed by atoms with Crippen molar-refractivity contribution in [1.82, 2.24) is 10.2 Å². The van der Waals surface area contributed by atoms with Gasteiger partial charge in [0.1, 0.15) is 6.54 Å². The van der Waals surface area contributed by atoms with Gasteiger partial charge in [-0.15, -0.1) is 11.8 Å². The highest BCUT2D eigenvalue weighted by Gasteiger charge is 2.22. The Hall–Kier alpha value is -1.34. The van der Waals surface area contributed by atoms with Gasteiger partial charge in [-0.1, -0.05) is 12.1 Å². The van der Waals surface area contributed by atoms with Crippen LogP contribution in [0.3, 0.4) is 0 Å². The molecule has 0 bridgehead atoms. The summed E-state index contributed by atoms with van der Waals surface area (Å²) >= 11 is 3.55. The number of nitrogens with zero attached hydrogens (tertiary/aromatic N) is 2. The zero-order valence-corrected chi connectivity index (χ0v) is 14.6. The summed E-state index contributed by atoms with van der Waals surface area (Å²) in [5.41, 5.74) is 2.33. The highest BCUT2D eigenvalue weighted by atomic mass is 32.2. The molecule has 0 saturated carbocycles. The normalized spacial score (nSPS) is 18.3. The number of nitrogens with one attached hydrogen (secondary N) is 1. The molecule has 7 heteroatoms. The van der Waals surface area contributed by atoms with Crippen LogP contribution in [0.2, 0.25) is 0 Å². The Labute approximate surface area is 145 Å². The smallest absolute Gasteiger partial charge is 0.239 e. The molecular weight excluding hydrogens is 330 g/mol. The zero-order valence-electron chi connectivity index (χ0n) is 13.0. The summed E-state index contributed by atoms with van der Waals surface area (Å²) < 4.78 is 0. The minimum Gasteiger partial charge on any atom is -0.370 e. The molecule has 2 fully saturated rings. The predicted molar refractivity (Wildman–Crippen MR) is 96.9 cm³/mol. The molecule has 3 rings (SSSR count). The number of anilines is 1. The number of carbonyl (C=O) groups is 2. The lowest BCUT2D eigenvalue weighted by Gasteiger charge is -2.28. The number of thioether (sulfide) groups is 2. The van der Waals surface area contributed by atoms with Gasteiger partial charge in [0.15, 0.2) is 0 Å². The Bertz CT molecular complexity index is 559. The summed E-state index contributed by atoms with van der Waals surface area (Å²) in [5.74, 6) is 3.43. The van der Waals surface area contributed by atoms with E-state index in [1.54, 1.807) is 16.7 Å². The van der Waals surface area contributed by atoms with Gasteiger partial charge < -0.3 is 15.1 Å². The lowest BCUT2D eigenvalue weighted by Crippen LogP contribution is -2.37. The predicted octanol–water partition coefficient (Wildman–Crippen LogP) is 1.39. The Morgan fingerprint density at radius 3 is 2.52 bits per heavy atom. The first-order chi connectivity index (χ1) is 11.2. The van der Waals surface area contributed by atoms with E-state index in [2.05, 4.69) is 34.5 Å². The maximum Gasteiger partial charge on any atom is 0.239 e. The average Bonchev–Trinajstić information content (AvgIpc) is 2.99. The van der Waals surface area contributed by atoms with Gasteiger partial charge in [0.05, 0.1) is 11.6 Å². The molecule has 124 valence electrons. The van der Waals surface area contributed by atoms with Gasteiger partial charge >= 0.3 is 0 Å². The molecular formula is C16H21N3O2S2. The molecule has 1 N–H and O–H groups in total. The van der Waals surface area contributed by atoms with Gasteiger partial charge in [0, 0.05) is 36.8 Å². The first-order valence-corrected chi connectivity index (χ1v) is 10.1. The lowest BCUT2D eigenvalue weighted by atomic mass is 10.2. The van der Waals surface area contributed by atoms with Crippen LogP contribution in [0.5, 0.6) is 0 Å². The third kappa shape index (κ3) is 4.57. The maximum atomic E-state index is 11.9. The topological polar surface area (TPSA) is 52.7 Å². The third-order valence-corrected chi connectivity index (χ3v) is 5.85. The molecule has 0 radical (unpaired) electrons. The zero-order chi connectivity index (χ0) is 16.1. The van der Waals surface area contributed by atoms with E-state index in [-0.39, 0.29) is 18.4 Å². The monoisotopic (exact) mass is 351 g/mol. The molecule has 2 aliphatic rings. The molecule has 5 nitrogen and oxygen atoms in total. The molecule has 2 amide bonds. The molecule has 2 saturated heterocycles. The SMILES string of the molecule is O=C(CN1CSCC1=O)NCc1ccc(N2CCSCC2)cc1. The lowest BCUT2D eigenvalue weighted by molar-refractivity contribution is -0.132. The number of amides is 2. The van der Waals surface area contributed by atoms with E-state index < -0.39 is 0 Å². The van der Waals surface area contributed by atoms with Crippen LogP contribution in [-0.2, 0) is 16.1 Å². The van der Waals surface area contributed by atoms with Crippen LogP contribution >= 0.6 is 23.5 Å². The highest BCUT2D eigenvalue weighted by Crippen LogP contribution is 2.20. The first-order valence-electron chi connectivity index (χ1n) is 7.76. The standard InChI is InChI=1S/C16H21N3O2S2/c20-15(10-19-12-23-11-16(19)21)17-9-13-1-3-14(4-2-13)18-5-7-22-8-6-18/h1-4H,5-12H2,(H,17,20). The van der Waals surface area contributed by atoms with Gasteiger partial charge in [-0.25, -0.2) is 0 Å². The molecule has 2 aliphatic heterocycles. The Balaban J connectivity index is 1.46. The fraction of sp³-hybridized carbons (Fsp3) is 0.500. The van der Waals surface area contributed by atoms with Crippen LogP contribution in [0.25, 0.3) is 0 Å². The molecule has 2 heterocycles. The fourth-order valence-electron chi connectivity index (χ4n) is 2.62. The summed E-state index contributed by atoms with van der Waals surface area (Å²) in [6.45, 7) is 2.87. The molecule has 0 spiro atoms. The summed E-state index contributed by atoms with van der Waals surface area (Å²) in [4.78, 5) is 27.4. The van der Waals surface area contributed by atoms with E-state index >= 15 is 0 Å². The van der Waals surface area contributed by atoms with Crippen molar-refractivity contribution in [3.63, 3.8) is 0 Å². The van der Waals surface area contributed by atoms with Gasteiger partial charge in [0.25, 0.3) is 0 Å². The average molecular weight is 351 g/mol. The Kier molecular flexibility index (Phi) is 5.72. The van der Waals surface area contributed by atoms with Crippen molar-refractivity contribution in [2.75, 3.05) is 47.7 Å². The molecule has 0 aromatic heterocycles. The Morgan fingerprint density at radius 2 is 1.87 bits per heavy atom. The van der Waals surface area contributed by atoms with Crippen molar-refractivity contribution in [2.45, 2.75) is 6.54 Å². The first kappa shape index (κ1) is 16.5. The van der Waals surface area contributed by atoms with Gasteiger partial charge in [-0.2, -0.15) is 11.8 Å². The van der Waals surface area contributed by atoms with Crippen molar-refractivity contribution in [3.8, 4) is 0 Å². The van der Waals surface area contributed by atoms with Crippen molar-refractivity contribution in [2.24, 2.45) is 0 Å². The fourth-order valence-corrected chi connectivity index (χ4v) is 4.42. The quantitative estimate of drug-likeness (QED) is 0.869. The second kappa shape index (κ2) is 7.97. The van der Waals surface area contributed by atoms with E-state index in [4.69, 9.17) is 0 Å². The van der Waals surface area contributed by atoms with E-state index in [1.165, 1.54) is 17.2 Å². The second-order valence-corrected chi connectivity index (χ2v) is 7.79. The minimum atomic E-state index is -0.0991. The van der Waals surface area contributed by atoms with Crippen molar-refractivity contribution in [3.05, 3.63) is 29.8 Å². The number of hydrogen-bond donors (Lipinski definition) is 1. The van der Waals surface area contributed by atoms with Crippen LogP contribution in [0, 0.1) is 0 Å². The van der Waals surface area contributed by atoms with Gasteiger partial charge in [0.2, 0.25) is 11.8 Å². The van der Waals surface area contributed by atoms with Crippen LogP contribution in [0.15, 0.2) is 24.3 Å². The number of benzene rings is 1. The maximum absolute atomic E-state index is 11.9. The molecule has 1 aromatic carbocycles. The van der Waals surface area contributed by atoms with Crippen LogP contribution < -0.4 is 10.2 Å². The second-order valence-electron chi connectivity index (χ2n) is 5.61. The molecule has 23 heavy (non-hydrogen) atoms. The number of carbonyl (C=O) groups excluding carboxylic acids is 2. The van der Waals surface area contributed by atoms with Crippen LogP contribution in [-0.4, -0.2) is 59.5 Å². The molecule has 0 atom stereocenters. The number of rotatable bonds is 5. The minimum absolute atomic E-state index is 0.0502. The summed E-state index contributed by atoms with van der Waals surface area (Å²) in [5, 5.41) is 2.89.